The van der Waals surface area contributed by atoms with Crippen molar-refractivity contribution < 1.29 is 9.53 Å². The van der Waals surface area contributed by atoms with Gasteiger partial charge in [0.25, 0.3) is 5.91 Å². The molecule has 21 heavy (non-hydrogen) atoms. The van der Waals surface area contributed by atoms with Gasteiger partial charge in [-0.3, -0.25) is 9.78 Å². The summed E-state index contributed by atoms with van der Waals surface area (Å²) in [5, 5.41) is 0. The van der Waals surface area contributed by atoms with Crippen LogP contribution in [0.4, 0.5) is 0 Å². The molecule has 0 unspecified atom stereocenters. The predicted molar refractivity (Wildman–Crippen MR) is 89.0 cm³/mol. The Labute approximate surface area is 134 Å². The highest BCUT2D eigenvalue weighted by molar-refractivity contribution is 8.02. The molecule has 1 amide bonds. The van der Waals surface area contributed by atoms with Crippen LogP contribution in [-0.2, 0) is 0 Å². The van der Waals surface area contributed by atoms with Crippen LogP contribution in [0.3, 0.4) is 0 Å². The molecule has 7 heteroatoms. The highest BCUT2D eigenvalue weighted by atomic mass is 32.2. The standard InChI is InChI=1S/C14H19N3O2S2/c1-19-11-9-16-6-3-10(11)12(18)17-7-4-14(21-2,5-8-17)13(15)20/h3,6,9H,4-5,7-8H2,1-2H3,(H2,15,20). The number of carbonyl (C=O) groups excluding carboxylic acids is 1. The number of thioether (sulfide) groups is 1. The van der Waals surface area contributed by atoms with E-state index in [1.807, 2.05) is 11.2 Å². The van der Waals surface area contributed by atoms with Crippen LogP contribution >= 0.6 is 24.0 Å². The molecule has 114 valence electrons. The van der Waals surface area contributed by atoms with Crippen LogP contribution in [0.1, 0.15) is 23.2 Å². The lowest BCUT2D eigenvalue weighted by atomic mass is 9.95. The highest BCUT2D eigenvalue weighted by Gasteiger charge is 2.38. The fourth-order valence-electron chi connectivity index (χ4n) is 2.51. The molecule has 1 fully saturated rings. The Morgan fingerprint density at radius 1 is 1.52 bits per heavy atom. The molecular formula is C14H19N3O2S2. The molecular weight excluding hydrogens is 306 g/mol. The third kappa shape index (κ3) is 3.13. The SMILES string of the molecule is COc1cnccc1C(=O)N1CCC(SC)(C(N)=S)CC1. The average molecular weight is 325 g/mol. The van der Waals surface area contributed by atoms with E-state index in [9.17, 15) is 4.79 Å². The number of nitrogens with two attached hydrogens (primary N) is 1. The first-order chi connectivity index (χ1) is 10.0. The molecule has 1 aliphatic rings. The van der Waals surface area contributed by atoms with Gasteiger partial charge in [-0.05, 0) is 25.2 Å². The molecule has 0 radical (unpaired) electrons. The number of rotatable bonds is 4. The van der Waals surface area contributed by atoms with Gasteiger partial charge < -0.3 is 15.4 Å². The lowest BCUT2D eigenvalue weighted by Gasteiger charge is -2.40. The lowest BCUT2D eigenvalue weighted by Crippen LogP contribution is -2.50. The topological polar surface area (TPSA) is 68.5 Å². The number of piperidine rings is 1. The van der Waals surface area contributed by atoms with Crippen LogP contribution in [-0.4, -0.2) is 52.0 Å². The van der Waals surface area contributed by atoms with Crippen molar-refractivity contribution in [2.45, 2.75) is 17.6 Å². The maximum absolute atomic E-state index is 12.6. The number of thiocarbonyl (C=S) groups is 1. The molecule has 1 aliphatic heterocycles. The second kappa shape index (κ2) is 6.62. The quantitative estimate of drug-likeness (QED) is 0.850. The third-order valence-electron chi connectivity index (χ3n) is 3.93. The van der Waals surface area contributed by atoms with Crippen molar-refractivity contribution in [2.24, 2.45) is 5.73 Å². The van der Waals surface area contributed by atoms with Crippen molar-refractivity contribution in [1.82, 2.24) is 9.88 Å². The van der Waals surface area contributed by atoms with Crippen LogP contribution < -0.4 is 10.5 Å². The third-order valence-corrected chi connectivity index (χ3v) is 5.86. The molecule has 2 heterocycles. The van der Waals surface area contributed by atoms with Crippen molar-refractivity contribution >= 4 is 34.9 Å². The number of amides is 1. The molecule has 2 rings (SSSR count). The smallest absolute Gasteiger partial charge is 0.257 e. The molecule has 0 atom stereocenters. The van der Waals surface area contributed by atoms with Crippen LogP contribution in [0.15, 0.2) is 18.5 Å². The monoisotopic (exact) mass is 325 g/mol. The second-order valence-electron chi connectivity index (χ2n) is 4.93. The molecule has 0 saturated carbocycles. The van der Waals surface area contributed by atoms with Gasteiger partial charge in [0.05, 0.1) is 28.6 Å². The fraction of sp³-hybridized carbons (Fsp3) is 0.500. The normalized spacial score (nSPS) is 17.3. The Bertz CT molecular complexity index is 543. The molecule has 1 aromatic heterocycles. The number of hydrogen-bond donors (Lipinski definition) is 1. The van der Waals surface area contributed by atoms with Crippen molar-refractivity contribution in [3.63, 3.8) is 0 Å². The molecule has 0 aliphatic carbocycles. The maximum Gasteiger partial charge on any atom is 0.257 e. The number of ether oxygens (including phenoxy) is 1. The van der Waals surface area contributed by atoms with E-state index in [2.05, 4.69) is 4.98 Å². The zero-order valence-corrected chi connectivity index (χ0v) is 13.8. The van der Waals surface area contributed by atoms with Crippen molar-refractivity contribution in [3.8, 4) is 5.75 Å². The summed E-state index contributed by atoms with van der Waals surface area (Å²) in [6, 6.07) is 1.69. The summed E-state index contributed by atoms with van der Waals surface area (Å²) in [5.74, 6) is 0.463. The molecule has 0 bridgehead atoms. The van der Waals surface area contributed by atoms with E-state index in [-0.39, 0.29) is 10.7 Å². The first kappa shape index (κ1) is 16.0. The van der Waals surface area contributed by atoms with Crippen LogP contribution in [0.5, 0.6) is 5.75 Å². The van der Waals surface area contributed by atoms with E-state index >= 15 is 0 Å². The number of nitrogens with zero attached hydrogens (tertiary/aromatic N) is 2. The number of pyridine rings is 1. The minimum atomic E-state index is -0.186. The largest absolute Gasteiger partial charge is 0.494 e. The van der Waals surface area contributed by atoms with Gasteiger partial charge in [-0.1, -0.05) is 12.2 Å². The first-order valence-corrected chi connectivity index (χ1v) is 8.29. The summed E-state index contributed by atoms with van der Waals surface area (Å²) in [4.78, 5) is 18.9. The molecule has 0 aromatic carbocycles. The summed E-state index contributed by atoms with van der Waals surface area (Å²) < 4.78 is 5.02. The minimum Gasteiger partial charge on any atom is -0.494 e. The van der Waals surface area contributed by atoms with Gasteiger partial charge in [-0.15, -0.1) is 0 Å². The highest BCUT2D eigenvalue weighted by Crippen LogP contribution is 2.35. The predicted octanol–water partition coefficient (Wildman–Crippen LogP) is 1.71. The summed E-state index contributed by atoms with van der Waals surface area (Å²) in [6.07, 6.45) is 6.73. The van der Waals surface area contributed by atoms with Crippen molar-refractivity contribution in [1.29, 1.82) is 0 Å². The number of aromatic nitrogens is 1. The minimum absolute atomic E-state index is 0.0353. The number of likely N-dealkylation sites (tertiary alicyclic amines) is 1. The van der Waals surface area contributed by atoms with Crippen molar-refractivity contribution in [2.75, 3.05) is 26.5 Å². The van der Waals surface area contributed by atoms with Crippen LogP contribution in [0, 0.1) is 0 Å². The van der Waals surface area contributed by atoms with E-state index in [0.717, 1.165) is 12.8 Å². The van der Waals surface area contributed by atoms with E-state index in [0.29, 0.717) is 29.4 Å². The Morgan fingerprint density at radius 2 is 2.19 bits per heavy atom. The van der Waals surface area contributed by atoms with Gasteiger partial charge in [0.15, 0.2) is 0 Å². The van der Waals surface area contributed by atoms with E-state index in [1.165, 1.54) is 7.11 Å². The summed E-state index contributed by atoms with van der Waals surface area (Å²) in [7, 11) is 1.54. The van der Waals surface area contributed by atoms with Gasteiger partial charge in [0.1, 0.15) is 5.75 Å². The zero-order chi connectivity index (χ0) is 15.5. The van der Waals surface area contributed by atoms with Gasteiger partial charge >= 0.3 is 0 Å². The summed E-state index contributed by atoms with van der Waals surface area (Å²) in [5.41, 5.74) is 6.41. The number of hydrogen-bond acceptors (Lipinski definition) is 5. The van der Waals surface area contributed by atoms with E-state index < -0.39 is 0 Å². The zero-order valence-electron chi connectivity index (χ0n) is 12.2. The molecule has 5 nitrogen and oxygen atoms in total. The van der Waals surface area contributed by atoms with Crippen molar-refractivity contribution in [3.05, 3.63) is 24.0 Å². The number of methoxy groups -OCH3 is 1. The summed E-state index contributed by atoms with van der Waals surface area (Å²) >= 11 is 6.87. The van der Waals surface area contributed by atoms with Gasteiger partial charge in [0, 0.05) is 19.3 Å². The molecule has 0 spiro atoms. The Hall–Kier alpha value is -1.34. The van der Waals surface area contributed by atoms with Gasteiger partial charge in [0.2, 0.25) is 0 Å². The molecule has 1 saturated heterocycles. The van der Waals surface area contributed by atoms with E-state index in [4.69, 9.17) is 22.7 Å². The van der Waals surface area contributed by atoms with Gasteiger partial charge in [-0.2, -0.15) is 11.8 Å². The van der Waals surface area contributed by atoms with E-state index in [1.54, 1.807) is 30.2 Å². The average Bonchev–Trinajstić information content (AvgIpc) is 2.54. The van der Waals surface area contributed by atoms with Gasteiger partial charge in [-0.25, -0.2) is 0 Å². The second-order valence-corrected chi connectivity index (χ2v) is 6.56. The Kier molecular flexibility index (Phi) is 5.05. The summed E-state index contributed by atoms with van der Waals surface area (Å²) in [6.45, 7) is 1.28. The van der Waals surface area contributed by atoms with Crippen LogP contribution in [0.2, 0.25) is 0 Å². The molecule has 2 N–H and O–H groups in total. The first-order valence-electron chi connectivity index (χ1n) is 6.66. The maximum atomic E-state index is 12.6. The Morgan fingerprint density at radius 3 is 2.71 bits per heavy atom. The number of carbonyl (C=O) groups is 1. The lowest BCUT2D eigenvalue weighted by molar-refractivity contribution is 0.0715. The van der Waals surface area contributed by atoms with Crippen LogP contribution in [0.25, 0.3) is 0 Å². The Balaban J connectivity index is 2.12. The fourth-order valence-corrected chi connectivity index (χ4v) is 3.76. The molecule has 1 aromatic rings.